The van der Waals surface area contributed by atoms with E-state index >= 15 is 0 Å². The van der Waals surface area contributed by atoms with E-state index in [0.29, 0.717) is 0 Å². The molecule has 2 atom stereocenters. The Kier molecular flexibility index (Phi) is 5.45. The van der Waals surface area contributed by atoms with Crippen molar-refractivity contribution in [1.29, 1.82) is 0 Å². The van der Waals surface area contributed by atoms with Gasteiger partial charge in [-0.05, 0) is 31.8 Å². The first kappa shape index (κ1) is 12.0. The highest BCUT2D eigenvalue weighted by molar-refractivity contribution is 4.77. The van der Waals surface area contributed by atoms with Gasteiger partial charge < -0.3 is 15.3 Å². The van der Waals surface area contributed by atoms with Gasteiger partial charge in [-0.3, -0.25) is 0 Å². The van der Waals surface area contributed by atoms with Crippen LogP contribution in [0.2, 0.25) is 0 Å². The monoisotopic (exact) mass is 200 g/mol. The van der Waals surface area contributed by atoms with Crippen molar-refractivity contribution in [3.63, 3.8) is 0 Å². The Labute approximate surface area is 87.5 Å². The Morgan fingerprint density at radius 2 is 2.36 bits per heavy atom. The number of nitrogens with one attached hydrogen (secondary N) is 1. The largest absolute Gasteiger partial charge is 0.395 e. The molecule has 3 heteroatoms. The van der Waals surface area contributed by atoms with Crippen LogP contribution in [0.1, 0.15) is 26.7 Å². The van der Waals surface area contributed by atoms with Crippen LogP contribution in [-0.4, -0.2) is 48.8 Å². The van der Waals surface area contributed by atoms with Gasteiger partial charge in [0.15, 0.2) is 0 Å². The highest BCUT2D eigenvalue weighted by Crippen LogP contribution is 2.14. The Hall–Kier alpha value is -0.120. The molecule has 0 amide bonds. The predicted molar refractivity (Wildman–Crippen MR) is 59.4 cm³/mol. The van der Waals surface area contributed by atoms with Crippen molar-refractivity contribution in [2.24, 2.45) is 5.92 Å². The molecule has 1 aliphatic heterocycles. The molecule has 0 aromatic heterocycles. The number of hydrogen-bond donors (Lipinski definition) is 2. The Morgan fingerprint density at radius 3 is 2.86 bits per heavy atom. The Morgan fingerprint density at radius 1 is 1.57 bits per heavy atom. The molecule has 2 unspecified atom stereocenters. The first-order chi connectivity index (χ1) is 6.76. The second-order valence-electron chi connectivity index (χ2n) is 4.49. The second-order valence-corrected chi connectivity index (χ2v) is 4.49. The van der Waals surface area contributed by atoms with Crippen molar-refractivity contribution in [3.05, 3.63) is 0 Å². The molecule has 0 aromatic rings. The fraction of sp³-hybridized carbons (Fsp3) is 1.00. The Bertz CT molecular complexity index is 152. The van der Waals surface area contributed by atoms with Gasteiger partial charge >= 0.3 is 0 Å². The van der Waals surface area contributed by atoms with Crippen molar-refractivity contribution in [1.82, 2.24) is 10.2 Å². The van der Waals surface area contributed by atoms with Crippen molar-refractivity contribution in [2.45, 2.75) is 32.7 Å². The number of hydrogen-bond acceptors (Lipinski definition) is 3. The standard InChI is InChI=1S/C11H24N2O/c1-3-5-12-11(9-14)8-13-6-4-10(2)7-13/h10-12,14H,3-9H2,1-2H3. The van der Waals surface area contributed by atoms with E-state index in [9.17, 15) is 5.11 Å². The molecule has 0 aromatic carbocycles. The van der Waals surface area contributed by atoms with Gasteiger partial charge in [-0.25, -0.2) is 0 Å². The SMILES string of the molecule is CCCNC(CO)CN1CCC(C)C1. The molecule has 1 rings (SSSR count). The van der Waals surface area contributed by atoms with Crippen LogP contribution >= 0.6 is 0 Å². The smallest absolute Gasteiger partial charge is 0.0597 e. The van der Waals surface area contributed by atoms with Crippen molar-refractivity contribution >= 4 is 0 Å². The summed E-state index contributed by atoms with van der Waals surface area (Å²) in [4.78, 5) is 2.45. The lowest BCUT2D eigenvalue weighted by Crippen LogP contribution is -2.42. The third-order valence-electron chi connectivity index (χ3n) is 2.89. The number of likely N-dealkylation sites (tertiary alicyclic amines) is 1. The van der Waals surface area contributed by atoms with Gasteiger partial charge in [0.1, 0.15) is 0 Å². The fourth-order valence-corrected chi connectivity index (χ4v) is 2.04. The van der Waals surface area contributed by atoms with Crippen LogP contribution in [0.25, 0.3) is 0 Å². The van der Waals surface area contributed by atoms with E-state index in [1.165, 1.54) is 19.5 Å². The number of rotatable bonds is 6. The highest BCUT2D eigenvalue weighted by atomic mass is 16.3. The Balaban J connectivity index is 2.19. The van der Waals surface area contributed by atoms with E-state index in [4.69, 9.17) is 0 Å². The quantitative estimate of drug-likeness (QED) is 0.662. The second kappa shape index (κ2) is 6.38. The molecule has 0 radical (unpaired) electrons. The predicted octanol–water partition coefficient (Wildman–Crippen LogP) is 0.689. The number of nitrogens with zero attached hydrogens (tertiary/aromatic N) is 1. The summed E-state index contributed by atoms with van der Waals surface area (Å²) in [5, 5.41) is 12.6. The van der Waals surface area contributed by atoms with Gasteiger partial charge in [0.05, 0.1) is 6.61 Å². The van der Waals surface area contributed by atoms with E-state index in [2.05, 4.69) is 24.1 Å². The molecule has 1 heterocycles. The van der Waals surface area contributed by atoms with Crippen LogP contribution in [0.5, 0.6) is 0 Å². The summed E-state index contributed by atoms with van der Waals surface area (Å²) in [5.41, 5.74) is 0. The molecule has 14 heavy (non-hydrogen) atoms. The first-order valence-electron chi connectivity index (χ1n) is 5.82. The summed E-state index contributed by atoms with van der Waals surface area (Å²) < 4.78 is 0. The minimum atomic E-state index is 0.255. The summed E-state index contributed by atoms with van der Waals surface area (Å²) >= 11 is 0. The zero-order valence-electron chi connectivity index (χ0n) is 9.50. The van der Waals surface area contributed by atoms with Gasteiger partial charge in [-0.15, -0.1) is 0 Å². The molecule has 84 valence electrons. The molecular formula is C11H24N2O. The maximum absolute atomic E-state index is 9.19. The zero-order chi connectivity index (χ0) is 10.4. The molecule has 1 aliphatic rings. The van der Waals surface area contributed by atoms with Gasteiger partial charge in [-0.2, -0.15) is 0 Å². The van der Waals surface area contributed by atoms with E-state index in [0.717, 1.165) is 25.4 Å². The zero-order valence-corrected chi connectivity index (χ0v) is 9.50. The normalized spacial score (nSPS) is 25.5. The average molecular weight is 200 g/mol. The van der Waals surface area contributed by atoms with Crippen LogP contribution in [0, 0.1) is 5.92 Å². The molecule has 0 saturated carbocycles. The lowest BCUT2D eigenvalue weighted by molar-refractivity contribution is 0.196. The van der Waals surface area contributed by atoms with E-state index in [1.807, 2.05) is 0 Å². The van der Waals surface area contributed by atoms with Crippen LogP contribution in [0.4, 0.5) is 0 Å². The highest BCUT2D eigenvalue weighted by Gasteiger charge is 2.20. The summed E-state index contributed by atoms with van der Waals surface area (Å²) in [7, 11) is 0. The molecule has 3 nitrogen and oxygen atoms in total. The number of aliphatic hydroxyl groups excluding tert-OH is 1. The summed E-state index contributed by atoms with van der Waals surface area (Å²) in [5.74, 6) is 0.834. The molecule has 0 spiro atoms. The maximum atomic E-state index is 9.19. The molecular weight excluding hydrogens is 176 g/mol. The number of aliphatic hydroxyl groups is 1. The van der Waals surface area contributed by atoms with Crippen LogP contribution in [0.3, 0.4) is 0 Å². The van der Waals surface area contributed by atoms with E-state index < -0.39 is 0 Å². The summed E-state index contributed by atoms with van der Waals surface area (Å²) in [6, 6.07) is 0.264. The minimum absolute atomic E-state index is 0.255. The first-order valence-corrected chi connectivity index (χ1v) is 5.82. The van der Waals surface area contributed by atoms with Crippen molar-refractivity contribution in [3.8, 4) is 0 Å². The average Bonchev–Trinajstić information content (AvgIpc) is 2.58. The van der Waals surface area contributed by atoms with Gasteiger partial charge in [-0.1, -0.05) is 13.8 Å². The fourth-order valence-electron chi connectivity index (χ4n) is 2.04. The summed E-state index contributed by atoms with van der Waals surface area (Å²) in [6.45, 7) is 9.11. The topological polar surface area (TPSA) is 35.5 Å². The molecule has 2 N–H and O–H groups in total. The maximum Gasteiger partial charge on any atom is 0.0597 e. The molecule has 0 bridgehead atoms. The van der Waals surface area contributed by atoms with E-state index in [-0.39, 0.29) is 12.6 Å². The molecule has 1 fully saturated rings. The molecule has 0 aliphatic carbocycles. The minimum Gasteiger partial charge on any atom is -0.395 e. The van der Waals surface area contributed by atoms with E-state index in [1.54, 1.807) is 0 Å². The van der Waals surface area contributed by atoms with Gasteiger partial charge in [0.25, 0.3) is 0 Å². The third kappa shape index (κ3) is 3.95. The third-order valence-corrected chi connectivity index (χ3v) is 2.89. The van der Waals surface area contributed by atoms with Gasteiger partial charge in [0, 0.05) is 19.1 Å². The van der Waals surface area contributed by atoms with Crippen LogP contribution < -0.4 is 5.32 Å². The van der Waals surface area contributed by atoms with Crippen LogP contribution in [-0.2, 0) is 0 Å². The lowest BCUT2D eigenvalue weighted by Gasteiger charge is -2.22. The van der Waals surface area contributed by atoms with Gasteiger partial charge in [0.2, 0.25) is 0 Å². The van der Waals surface area contributed by atoms with Crippen molar-refractivity contribution < 1.29 is 5.11 Å². The van der Waals surface area contributed by atoms with Crippen molar-refractivity contribution in [2.75, 3.05) is 32.8 Å². The summed E-state index contributed by atoms with van der Waals surface area (Å²) in [6.07, 6.45) is 2.44. The lowest BCUT2D eigenvalue weighted by atomic mass is 10.2. The molecule has 1 saturated heterocycles. The van der Waals surface area contributed by atoms with Crippen LogP contribution in [0.15, 0.2) is 0 Å².